The van der Waals surface area contributed by atoms with E-state index in [1.165, 1.54) is 4.88 Å². The fourth-order valence-corrected chi connectivity index (χ4v) is 2.75. The zero-order valence-electron chi connectivity index (χ0n) is 11.7. The average Bonchev–Trinajstić information content (AvgIpc) is 2.93. The highest BCUT2D eigenvalue weighted by atomic mass is 32.1. The van der Waals surface area contributed by atoms with Gasteiger partial charge in [0.1, 0.15) is 5.60 Å². The topological polar surface area (TPSA) is 25.4 Å². The number of aromatic nitrogens is 1. The Labute approximate surface area is 118 Å². The van der Waals surface area contributed by atoms with Gasteiger partial charge in [-0.05, 0) is 44.6 Å². The molecule has 2 heterocycles. The summed E-state index contributed by atoms with van der Waals surface area (Å²) in [7, 11) is 4.10. The summed E-state index contributed by atoms with van der Waals surface area (Å²) in [5.41, 5.74) is 0.488. The maximum Gasteiger partial charge on any atom is 0.141 e. The molecule has 0 aliphatic heterocycles. The standard InChI is InChI=1S/C15H20N2OS/c1-15(14-8-6-12-19-14,18-11-10-17(2)3)13-7-4-5-9-16-13/h4-9,12H,10-11H2,1-3H3. The number of rotatable bonds is 6. The Kier molecular flexibility index (Phi) is 4.69. The molecule has 0 radical (unpaired) electrons. The molecule has 0 aromatic carbocycles. The number of thiophene rings is 1. The molecule has 2 aromatic heterocycles. The fraction of sp³-hybridized carbons (Fsp3) is 0.400. The Bertz CT molecular complexity index is 484. The lowest BCUT2D eigenvalue weighted by molar-refractivity contribution is -0.0105. The van der Waals surface area contributed by atoms with Gasteiger partial charge in [-0.3, -0.25) is 4.98 Å². The summed E-state index contributed by atoms with van der Waals surface area (Å²) in [5, 5.41) is 2.08. The molecule has 0 saturated heterocycles. The molecule has 102 valence electrons. The SMILES string of the molecule is CN(C)CCOC(C)(c1ccccn1)c1cccs1. The predicted molar refractivity (Wildman–Crippen MR) is 79.5 cm³/mol. The van der Waals surface area contributed by atoms with Gasteiger partial charge in [-0.15, -0.1) is 11.3 Å². The van der Waals surface area contributed by atoms with Gasteiger partial charge in [0.05, 0.1) is 12.3 Å². The molecule has 2 rings (SSSR count). The van der Waals surface area contributed by atoms with E-state index in [9.17, 15) is 0 Å². The summed E-state index contributed by atoms with van der Waals surface area (Å²) < 4.78 is 6.18. The minimum atomic E-state index is -0.467. The Morgan fingerprint density at radius 2 is 2.11 bits per heavy atom. The van der Waals surface area contributed by atoms with Crippen molar-refractivity contribution in [2.75, 3.05) is 27.2 Å². The highest BCUT2D eigenvalue weighted by Gasteiger charge is 2.32. The van der Waals surface area contributed by atoms with Crippen molar-refractivity contribution in [1.82, 2.24) is 9.88 Å². The second-order valence-corrected chi connectivity index (χ2v) is 5.82. The molecule has 0 N–H and O–H groups in total. The molecule has 0 aliphatic rings. The van der Waals surface area contributed by atoms with E-state index in [0.29, 0.717) is 6.61 Å². The van der Waals surface area contributed by atoms with Gasteiger partial charge in [0.25, 0.3) is 0 Å². The monoisotopic (exact) mass is 276 g/mol. The van der Waals surface area contributed by atoms with Crippen LogP contribution in [0.25, 0.3) is 0 Å². The summed E-state index contributed by atoms with van der Waals surface area (Å²) in [4.78, 5) is 7.78. The molecular weight excluding hydrogens is 256 g/mol. The second kappa shape index (κ2) is 6.28. The quantitative estimate of drug-likeness (QED) is 0.811. The third kappa shape index (κ3) is 3.41. The zero-order chi connectivity index (χ0) is 13.7. The van der Waals surface area contributed by atoms with Crippen molar-refractivity contribution in [3.8, 4) is 0 Å². The van der Waals surface area contributed by atoms with Crippen LogP contribution in [0.15, 0.2) is 41.9 Å². The first kappa shape index (κ1) is 14.2. The zero-order valence-corrected chi connectivity index (χ0v) is 12.5. The van der Waals surface area contributed by atoms with E-state index in [1.807, 2.05) is 38.5 Å². The normalized spacial score (nSPS) is 14.5. The first-order chi connectivity index (χ1) is 9.13. The molecule has 1 unspecified atom stereocenters. The fourth-order valence-electron chi connectivity index (χ4n) is 1.90. The van der Waals surface area contributed by atoms with Gasteiger partial charge in [0.15, 0.2) is 0 Å². The maximum absolute atomic E-state index is 6.18. The molecule has 1 atom stereocenters. The second-order valence-electron chi connectivity index (χ2n) is 4.88. The minimum absolute atomic E-state index is 0.467. The Hall–Kier alpha value is -1.23. The van der Waals surface area contributed by atoms with Crippen molar-refractivity contribution in [2.24, 2.45) is 0 Å². The maximum atomic E-state index is 6.18. The van der Waals surface area contributed by atoms with Crippen LogP contribution in [0.5, 0.6) is 0 Å². The van der Waals surface area contributed by atoms with E-state index in [4.69, 9.17) is 4.74 Å². The third-order valence-electron chi connectivity index (χ3n) is 3.07. The van der Waals surface area contributed by atoms with Crippen LogP contribution in [0.2, 0.25) is 0 Å². The first-order valence-electron chi connectivity index (χ1n) is 6.37. The number of likely N-dealkylation sites (N-methyl/N-ethyl adjacent to an activating group) is 1. The van der Waals surface area contributed by atoms with Crippen LogP contribution in [0.4, 0.5) is 0 Å². The summed E-state index contributed by atoms with van der Waals surface area (Å²) in [6.45, 7) is 3.67. The lowest BCUT2D eigenvalue weighted by atomic mass is 9.99. The van der Waals surface area contributed by atoms with Crippen LogP contribution in [0.1, 0.15) is 17.5 Å². The van der Waals surface area contributed by atoms with Crippen LogP contribution in [-0.4, -0.2) is 37.1 Å². The minimum Gasteiger partial charge on any atom is -0.362 e. The molecule has 0 amide bonds. The lowest BCUT2D eigenvalue weighted by Gasteiger charge is -2.29. The van der Waals surface area contributed by atoms with E-state index in [-0.39, 0.29) is 0 Å². The molecule has 19 heavy (non-hydrogen) atoms. The summed E-state index contributed by atoms with van der Waals surface area (Å²) in [6.07, 6.45) is 1.82. The number of hydrogen-bond donors (Lipinski definition) is 0. The molecule has 4 heteroatoms. The Balaban J connectivity index is 2.24. The summed E-state index contributed by atoms with van der Waals surface area (Å²) >= 11 is 1.70. The number of hydrogen-bond acceptors (Lipinski definition) is 4. The van der Waals surface area contributed by atoms with E-state index in [0.717, 1.165) is 12.2 Å². The Morgan fingerprint density at radius 3 is 2.68 bits per heavy atom. The van der Waals surface area contributed by atoms with E-state index in [2.05, 4.69) is 34.3 Å². The molecule has 0 saturated carbocycles. The smallest absolute Gasteiger partial charge is 0.141 e. The van der Waals surface area contributed by atoms with Gasteiger partial charge in [0, 0.05) is 17.6 Å². The van der Waals surface area contributed by atoms with Crippen molar-refractivity contribution < 1.29 is 4.74 Å². The van der Waals surface area contributed by atoms with E-state index >= 15 is 0 Å². The molecule has 0 fully saturated rings. The van der Waals surface area contributed by atoms with Gasteiger partial charge >= 0.3 is 0 Å². The molecule has 3 nitrogen and oxygen atoms in total. The van der Waals surface area contributed by atoms with Gasteiger partial charge < -0.3 is 9.64 Å². The molecule has 0 bridgehead atoms. The first-order valence-corrected chi connectivity index (χ1v) is 7.25. The third-order valence-corrected chi connectivity index (χ3v) is 4.15. The van der Waals surface area contributed by atoms with Crippen molar-refractivity contribution in [1.29, 1.82) is 0 Å². The van der Waals surface area contributed by atoms with Gasteiger partial charge in [-0.25, -0.2) is 0 Å². The van der Waals surface area contributed by atoms with E-state index in [1.54, 1.807) is 11.3 Å². The van der Waals surface area contributed by atoms with Crippen molar-refractivity contribution in [3.63, 3.8) is 0 Å². The summed E-state index contributed by atoms with van der Waals surface area (Å²) in [5.74, 6) is 0. The molecular formula is C15H20N2OS. The molecule has 2 aromatic rings. The van der Waals surface area contributed by atoms with Crippen LogP contribution >= 0.6 is 11.3 Å². The average molecular weight is 276 g/mol. The van der Waals surface area contributed by atoms with Crippen LogP contribution in [0, 0.1) is 0 Å². The number of pyridine rings is 1. The van der Waals surface area contributed by atoms with E-state index < -0.39 is 5.60 Å². The van der Waals surface area contributed by atoms with Crippen molar-refractivity contribution in [2.45, 2.75) is 12.5 Å². The van der Waals surface area contributed by atoms with Crippen LogP contribution in [-0.2, 0) is 10.3 Å². The van der Waals surface area contributed by atoms with Crippen molar-refractivity contribution in [3.05, 3.63) is 52.5 Å². The lowest BCUT2D eigenvalue weighted by Crippen LogP contribution is -2.31. The predicted octanol–water partition coefficient (Wildman–Crippen LogP) is 2.98. The number of nitrogens with zero attached hydrogens (tertiary/aromatic N) is 2. The summed E-state index contributed by atoms with van der Waals surface area (Å²) in [6, 6.07) is 10.1. The van der Waals surface area contributed by atoms with Gasteiger partial charge in [-0.2, -0.15) is 0 Å². The van der Waals surface area contributed by atoms with Gasteiger partial charge in [0.2, 0.25) is 0 Å². The van der Waals surface area contributed by atoms with Gasteiger partial charge in [-0.1, -0.05) is 12.1 Å². The molecule has 0 aliphatic carbocycles. The van der Waals surface area contributed by atoms with Crippen LogP contribution in [0.3, 0.4) is 0 Å². The largest absolute Gasteiger partial charge is 0.362 e. The molecule has 0 spiro atoms. The van der Waals surface area contributed by atoms with Crippen LogP contribution < -0.4 is 0 Å². The van der Waals surface area contributed by atoms with Crippen molar-refractivity contribution >= 4 is 11.3 Å². The highest BCUT2D eigenvalue weighted by molar-refractivity contribution is 7.10. The Morgan fingerprint density at radius 1 is 1.26 bits per heavy atom. The highest BCUT2D eigenvalue weighted by Crippen LogP contribution is 2.34. The number of ether oxygens (including phenoxy) is 1.